The van der Waals surface area contributed by atoms with Crippen LogP contribution in [0.15, 0.2) is 0 Å². The Bertz CT molecular complexity index is 332. The van der Waals surface area contributed by atoms with Crippen LogP contribution in [0, 0.1) is 0 Å². The standard InChI is InChI=1S/3H2O4S.H2O2/c3*1-5(2,3)4;1-2/h3*(H2,1,2,3,4);1-2H. The first-order valence-corrected chi connectivity index (χ1v) is 6.49. The molecule has 0 unspecified atom stereocenters. The van der Waals surface area contributed by atoms with E-state index >= 15 is 0 Å². The second-order valence-corrected chi connectivity index (χ2v) is 4.03. The molecular weight excluding hydrogens is 320 g/mol. The molecule has 8 N–H and O–H groups in total. The topological polar surface area (TPSA) is 264 Å². The van der Waals surface area contributed by atoms with Gasteiger partial charge in [0.15, 0.2) is 0 Å². The first-order valence-electron chi connectivity index (χ1n) is 2.30. The van der Waals surface area contributed by atoms with Crippen molar-refractivity contribution in [3.05, 3.63) is 0 Å². The van der Waals surface area contributed by atoms with E-state index in [4.69, 9.17) is 63.1 Å². The minimum atomic E-state index is -4.67. The Morgan fingerprint density at radius 2 is 0.412 bits per heavy atom. The molecule has 0 heterocycles. The summed E-state index contributed by atoms with van der Waals surface area (Å²) in [4.78, 5) is 0. The van der Waals surface area contributed by atoms with E-state index in [2.05, 4.69) is 0 Å². The van der Waals surface area contributed by atoms with Crippen molar-refractivity contribution in [1.82, 2.24) is 0 Å². The third-order valence-electron chi connectivity index (χ3n) is 0. The molecule has 0 aliphatic carbocycles. The van der Waals surface area contributed by atoms with E-state index in [1.807, 2.05) is 0 Å². The molecule has 17 heavy (non-hydrogen) atoms. The smallest absolute Gasteiger partial charge is 0.264 e. The molecule has 0 aromatic heterocycles. The summed E-state index contributed by atoms with van der Waals surface area (Å²) < 4.78 is 94.8. The Morgan fingerprint density at radius 1 is 0.412 bits per heavy atom. The molecule has 0 radical (unpaired) electrons. The number of rotatable bonds is 0. The molecule has 0 bridgehead atoms. The van der Waals surface area contributed by atoms with Crippen molar-refractivity contribution in [1.29, 1.82) is 0 Å². The zero-order valence-electron chi connectivity index (χ0n) is 7.25. The Hall–Kier alpha value is -0.470. The summed E-state index contributed by atoms with van der Waals surface area (Å²) >= 11 is 0. The average molecular weight is 328 g/mol. The molecule has 17 heteroatoms. The van der Waals surface area contributed by atoms with E-state index in [-0.39, 0.29) is 0 Å². The van der Waals surface area contributed by atoms with Crippen LogP contribution >= 0.6 is 0 Å². The summed E-state index contributed by atoms with van der Waals surface area (Å²) in [5.74, 6) is 0. The molecule has 0 amide bonds. The van der Waals surface area contributed by atoms with E-state index < -0.39 is 31.2 Å². The zero-order valence-corrected chi connectivity index (χ0v) is 9.70. The van der Waals surface area contributed by atoms with Gasteiger partial charge in [-0.05, 0) is 0 Å². The molecule has 0 aromatic carbocycles. The molecule has 0 spiro atoms. The van der Waals surface area contributed by atoms with Gasteiger partial charge in [-0.1, -0.05) is 0 Å². The summed E-state index contributed by atoms with van der Waals surface area (Å²) in [5, 5.41) is 12.0. The van der Waals surface area contributed by atoms with Crippen LogP contribution in [-0.4, -0.2) is 63.1 Å². The Balaban J connectivity index is -0.0000000693. The van der Waals surface area contributed by atoms with Gasteiger partial charge in [0.05, 0.1) is 0 Å². The van der Waals surface area contributed by atoms with Gasteiger partial charge in [0.1, 0.15) is 0 Å². The Labute approximate surface area is 94.8 Å². The largest absolute Gasteiger partial charge is 0.394 e. The normalized spacial score (nSPS) is 10.6. The maximum absolute atomic E-state index is 8.74. The molecule has 14 nitrogen and oxygen atoms in total. The van der Waals surface area contributed by atoms with Gasteiger partial charge in [-0.2, -0.15) is 25.3 Å². The van der Waals surface area contributed by atoms with Crippen molar-refractivity contribution >= 4 is 31.2 Å². The van der Waals surface area contributed by atoms with Gasteiger partial charge >= 0.3 is 31.2 Å². The van der Waals surface area contributed by atoms with Crippen molar-refractivity contribution in [3.63, 3.8) is 0 Å². The van der Waals surface area contributed by atoms with Crippen LogP contribution in [0.5, 0.6) is 0 Å². The summed E-state index contributed by atoms with van der Waals surface area (Å²) in [7, 11) is -14.0. The van der Waals surface area contributed by atoms with Crippen LogP contribution in [0.1, 0.15) is 0 Å². The van der Waals surface area contributed by atoms with E-state index in [0.717, 1.165) is 0 Å². The van der Waals surface area contributed by atoms with E-state index in [1.165, 1.54) is 0 Å². The summed E-state index contributed by atoms with van der Waals surface area (Å²) in [6, 6.07) is 0. The van der Waals surface area contributed by atoms with Crippen molar-refractivity contribution in [2.24, 2.45) is 0 Å². The fraction of sp³-hybridized carbons (Fsp3) is 0. The predicted octanol–water partition coefficient (Wildman–Crippen LogP) is -1.94. The minimum absolute atomic E-state index is 4.67. The maximum atomic E-state index is 8.74. The van der Waals surface area contributed by atoms with E-state index in [9.17, 15) is 0 Å². The van der Waals surface area contributed by atoms with Crippen molar-refractivity contribution in [3.8, 4) is 0 Å². The maximum Gasteiger partial charge on any atom is 0.394 e. The van der Waals surface area contributed by atoms with Crippen molar-refractivity contribution in [2.45, 2.75) is 0 Å². The minimum Gasteiger partial charge on any atom is -0.264 e. The predicted molar refractivity (Wildman–Crippen MR) is 47.8 cm³/mol. The SMILES string of the molecule is O=S(=O)(O)O.O=S(=O)(O)O.O=S(=O)(O)O.OO. The summed E-state index contributed by atoms with van der Waals surface area (Å²) in [5.41, 5.74) is 0. The molecule has 0 aliphatic rings. The second kappa shape index (κ2) is 10.7. The highest BCUT2D eigenvalue weighted by Crippen LogP contribution is 1.60. The highest BCUT2D eigenvalue weighted by atomic mass is 32.3. The molecule has 0 aliphatic heterocycles. The third kappa shape index (κ3) is 12900. The summed E-state index contributed by atoms with van der Waals surface area (Å²) in [6.07, 6.45) is 0. The molecule has 0 atom stereocenters. The van der Waals surface area contributed by atoms with Gasteiger partial charge in [-0.25, -0.2) is 0 Å². The molecule has 0 fully saturated rings. The van der Waals surface area contributed by atoms with Gasteiger partial charge in [0, 0.05) is 0 Å². The van der Waals surface area contributed by atoms with Crippen molar-refractivity contribution in [2.75, 3.05) is 0 Å². The van der Waals surface area contributed by atoms with Crippen LogP contribution < -0.4 is 0 Å². The van der Waals surface area contributed by atoms with E-state index in [0.29, 0.717) is 0 Å². The Morgan fingerprint density at radius 3 is 0.412 bits per heavy atom. The molecule has 0 rings (SSSR count). The quantitative estimate of drug-likeness (QED) is 0.136. The third-order valence-corrected chi connectivity index (χ3v) is 0. The Kier molecular flexibility index (Phi) is 15.9. The lowest BCUT2D eigenvalue weighted by Gasteiger charge is -1.68. The van der Waals surface area contributed by atoms with Crippen LogP contribution in [0.25, 0.3) is 0 Å². The molecular formula is H8O14S3. The molecule has 0 aromatic rings. The zero-order chi connectivity index (χ0) is 15.5. The van der Waals surface area contributed by atoms with Crippen LogP contribution in [0.3, 0.4) is 0 Å². The van der Waals surface area contributed by atoms with Gasteiger partial charge in [-0.3, -0.25) is 37.8 Å². The van der Waals surface area contributed by atoms with E-state index in [1.54, 1.807) is 0 Å². The molecule has 0 saturated carbocycles. The van der Waals surface area contributed by atoms with Gasteiger partial charge in [0.25, 0.3) is 0 Å². The first-order chi connectivity index (χ1) is 7.00. The second-order valence-electron chi connectivity index (χ2n) is 1.34. The van der Waals surface area contributed by atoms with Crippen molar-refractivity contribution < 1.29 is 63.1 Å². The van der Waals surface area contributed by atoms with Crippen LogP contribution in [-0.2, 0) is 31.2 Å². The lowest BCUT2D eigenvalue weighted by atomic mass is 15.0. The van der Waals surface area contributed by atoms with Gasteiger partial charge < -0.3 is 0 Å². The van der Waals surface area contributed by atoms with Crippen LogP contribution in [0.4, 0.5) is 0 Å². The average Bonchev–Trinajstić information content (AvgIpc) is 1.77. The lowest BCUT2D eigenvalue weighted by Crippen LogP contribution is -1.89. The fourth-order valence-corrected chi connectivity index (χ4v) is 0. The summed E-state index contributed by atoms with van der Waals surface area (Å²) in [6.45, 7) is 0. The lowest BCUT2D eigenvalue weighted by molar-refractivity contribution is -0.176. The number of hydrogen-bond acceptors (Lipinski definition) is 8. The highest BCUT2D eigenvalue weighted by molar-refractivity contribution is 7.80. The highest BCUT2D eigenvalue weighted by Gasteiger charge is 1.85. The molecule has 0 saturated heterocycles. The van der Waals surface area contributed by atoms with Crippen LogP contribution in [0.2, 0.25) is 0 Å². The fourth-order valence-electron chi connectivity index (χ4n) is 0. The van der Waals surface area contributed by atoms with Gasteiger partial charge in [0.2, 0.25) is 0 Å². The monoisotopic (exact) mass is 328 g/mol. The van der Waals surface area contributed by atoms with Gasteiger partial charge in [-0.15, -0.1) is 0 Å². The first kappa shape index (κ1) is 25.4. The number of hydrogen-bond donors (Lipinski definition) is 8. The molecule has 110 valence electrons.